The van der Waals surface area contributed by atoms with E-state index >= 15 is 0 Å². The lowest BCUT2D eigenvalue weighted by molar-refractivity contribution is 0.665. The molecule has 0 atom stereocenters. The van der Waals surface area contributed by atoms with Gasteiger partial charge in [0.15, 0.2) is 0 Å². The summed E-state index contributed by atoms with van der Waals surface area (Å²) in [4.78, 5) is 4.07. The standard InChI is InChI=1S/C12H18N/c1-2-3-4-5-6-8-12-9-7-10-13-11-12/h7-11H,2-6H2,1H3. The minimum absolute atomic E-state index is 1.19. The summed E-state index contributed by atoms with van der Waals surface area (Å²) < 4.78 is 0. The molecule has 0 N–H and O–H groups in total. The lowest BCUT2D eigenvalue weighted by atomic mass is 10.1. The molecule has 1 aromatic heterocycles. The van der Waals surface area contributed by atoms with Crippen LogP contribution < -0.4 is 0 Å². The van der Waals surface area contributed by atoms with Crippen LogP contribution in [0.5, 0.6) is 0 Å². The summed E-state index contributed by atoms with van der Waals surface area (Å²) in [5.74, 6) is 0. The molecule has 71 valence electrons. The summed E-state index contributed by atoms with van der Waals surface area (Å²) in [6, 6.07) is 4.09. The van der Waals surface area contributed by atoms with Gasteiger partial charge < -0.3 is 0 Å². The van der Waals surface area contributed by atoms with Crippen LogP contribution in [0.4, 0.5) is 0 Å². The van der Waals surface area contributed by atoms with Crippen molar-refractivity contribution < 1.29 is 0 Å². The quantitative estimate of drug-likeness (QED) is 0.603. The number of nitrogens with zero attached hydrogens (tertiary/aromatic N) is 1. The topological polar surface area (TPSA) is 12.9 Å². The van der Waals surface area contributed by atoms with Crippen molar-refractivity contribution in [2.24, 2.45) is 0 Å². The van der Waals surface area contributed by atoms with Crippen molar-refractivity contribution in [1.82, 2.24) is 4.98 Å². The van der Waals surface area contributed by atoms with E-state index in [2.05, 4.69) is 24.4 Å². The molecule has 0 unspecified atom stereocenters. The second-order valence-corrected chi connectivity index (χ2v) is 3.34. The van der Waals surface area contributed by atoms with E-state index in [0.29, 0.717) is 0 Å². The molecule has 1 heteroatoms. The average molecular weight is 176 g/mol. The van der Waals surface area contributed by atoms with Gasteiger partial charge in [0.25, 0.3) is 0 Å². The number of rotatable bonds is 6. The summed E-state index contributed by atoms with van der Waals surface area (Å²) in [5, 5.41) is 0. The molecule has 0 saturated carbocycles. The Hall–Kier alpha value is -0.850. The third kappa shape index (κ3) is 4.66. The molecule has 0 aliphatic carbocycles. The fourth-order valence-electron chi connectivity index (χ4n) is 1.34. The van der Waals surface area contributed by atoms with Crippen LogP contribution in [0.3, 0.4) is 0 Å². The number of pyridine rings is 1. The first-order chi connectivity index (χ1) is 6.43. The van der Waals surface area contributed by atoms with E-state index in [1.54, 1.807) is 0 Å². The molecule has 1 heterocycles. The van der Waals surface area contributed by atoms with Crippen molar-refractivity contribution in [3.63, 3.8) is 0 Å². The van der Waals surface area contributed by atoms with Gasteiger partial charge in [-0.05, 0) is 24.5 Å². The highest BCUT2D eigenvalue weighted by Gasteiger charge is 1.92. The first-order valence-corrected chi connectivity index (χ1v) is 5.16. The van der Waals surface area contributed by atoms with Crippen molar-refractivity contribution in [1.29, 1.82) is 0 Å². The molecule has 1 rings (SSSR count). The third-order valence-corrected chi connectivity index (χ3v) is 2.12. The Morgan fingerprint density at radius 2 is 2.23 bits per heavy atom. The van der Waals surface area contributed by atoms with Crippen molar-refractivity contribution in [3.05, 3.63) is 36.5 Å². The normalized spacial score (nSPS) is 10.2. The van der Waals surface area contributed by atoms with E-state index in [1.807, 2.05) is 18.5 Å². The van der Waals surface area contributed by atoms with Crippen LogP contribution >= 0.6 is 0 Å². The Kier molecular flexibility index (Phi) is 5.23. The van der Waals surface area contributed by atoms with E-state index in [4.69, 9.17) is 0 Å². The molecular weight excluding hydrogens is 158 g/mol. The van der Waals surface area contributed by atoms with Gasteiger partial charge in [0.1, 0.15) is 0 Å². The van der Waals surface area contributed by atoms with Gasteiger partial charge >= 0.3 is 0 Å². The molecule has 0 aromatic carbocycles. The molecule has 0 aliphatic rings. The highest BCUT2D eigenvalue weighted by atomic mass is 14.6. The van der Waals surface area contributed by atoms with E-state index in [1.165, 1.54) is 37.7 Å². The first kappa shape index (κ1) is 10.2. The summed E-state index contributed by atoms with van der Waals surface area (Å²) in [6.07, 6.45) is 12.5. The maximum atomic E-state index is 4.07. The molecule has 0 saturated heterocycles. The monoisotopic (exact) mass is 176 g/mol. The Morgan fingerprint density at radius 1 is 1.31 bits per heavy atom. The highest BCUT2D eigenvalue weighted by Crippen LogP contribution is 2.09. The smallest absolute Gasteiger partial charge is 0.0302 e. The average Bonchev–Trinajstić information content (AvgIpc) is 2.19. The number of aromatic nitrogens is 1. The van der Waals surface area contributed by atoms with Gasteiger partial charge in [-0.1, -0.05) is 38.7 Å². The van der Waals surface area contributed by atoms with Crippen molar-refractivity contribution in [3.8, 4) is 0 Å². The Bertz CT molecular complexity index is 206. The van der Waals surface area contributed by atoms with Crippen LogP contribution in [0.1, 0.15) is 44.6 Å². The Morgan fingerprint density at radius 3 is 2.92 bits per heavy atom. The molecule has 0 aliphatic heterocycles. The van der Waals surface area contributed by atoms with Crippen molar-refractivity contribution >= 4 is 0 Å². The van der Waals surface area contributed by atoms with Gasteiger partial charge in [-0.15, -0.1) is 0 Å². The molecule has 0 spiro atoms. The second kappa shape index (κ2) is 6.64. The van der Waals surface area contributed by atoms with Crippen LogP contribution in [-0.4, -0.2) is 4.98 Å². The molecule has 0 fully saturated rings. The van der Waals surface area contributed by atoms with E-state index in [0.717, 1.165) is 0 Å². The minimum atomic E-state index is 1.19. The molecule has 13 heavy (non-hydrogen) atoms. The SMILES string of the molecule is CCCCCC[CH]c1cccnc1. The molecule has 1 aromatic rings. The van der Waals surface area contributed by atoms with E-state index < -0.39 is 0 Å². The predicted molar refractivity (Wildman–Crippen MR) is 56.4 cm³/mol. The zero-order chi connectivity index (χ0) is 9.36. The van der Waals surface area contributed by atoms with E-state index in [-0.39, 0.29) is 0 Å². The molecule has 0 bridgehead atoms. The van der Waals surface area contributed by atoms with Crippen LogP contribution in [0.25, 0.3) is 0 Å². The van der Waals surface area contributed by atoms with Gasteiger partial charge in [-0.25, -0.2) is 0 Å². The molecule has 1 radical (unpaired) electrons. The van der Waals surface area contributed by atoms with Crippen LogP contribution in [0.2, 0.25) is 0 Å². The summed E-state index contributed by atoms with van der Waals surface area (Å²) >= 11 is 0. The lowest BCUT2D eigenvalue weighted by Gasteiger charge is -1.99. The van der Waals surface area contributed by atoms with Gasteiger partial charge in [0, 0.05) is 12.4 Å². The fourth-order valence-corrected chi connectivity index (χ4v) is 1.34. The maximum Gasteiger partial charge on any atom is 0.0302 e. The Labute approximate surface area is 81.2 Å². The first-order valence-electron chi connectivity index (χ1n) is 5.16. The predicted octanol–water partition coefficient (Wildman–Crippen LogP) is 3.60. The van der Waals surface area contributed by atoms with Gasteiger partial charge in [-0.2, -0.15) is 0 Å². The molecular formula is C12H18N. The number of unbranched alkanes of at least 4 members (excludes halogenated alkanes) is 4. The fraction of sp³-hybridized carbons (Fsp3) is 0.500. The van der Waals surface area contributed by atoms with Crippen LogP contribution in [-0.2, 0) is 0 Å². The van der Waals surface area contributed by atoms with Crippen LogP contribution in [0, 0.1) is 6.42 Å². The Balaban J connectivity index is 2.07. The third-order valence-electron chi connectivity index (χ3n) is 2.12. The van der Waals surface area contributed by atoms with Gasteiger partial charge in [0.05, 0.1) is 0 Å². The molecule has 0 amide bonds. The van der Waals surface area contributed by atoms with Gasteiger partial charge in [0.2, 0.25) is 0 Å². The zero-order valence-corrected chi connectivity index (χ0v) is 8.37. The lowest BCUT2D eigenvalue weighted by Crippen LogP contribution is -1.83. The van der Waals surface area contributed by atoms with Crippen molar-refractivity contribution in [2.75, 3.05) is 0 Å². The number of hydrogen-bond donors (Lipinski definition) is 0. The summed E-state index contributed by atoms with van der Waals surface area (Å²) in [7, 11) is 0. The van der Waals surface area contributed by atoms with E-state index in [9.17, 15) is 0 Å². The molecule has 1 nitrogen and oxygen atoms in total. The second-order valence-electron chi connectivity index (χ2n) is 3.34. The highest BCUT2D eigenvalue weighted by molar-refractivity contribution is 5.17. The summed E-state index contributed by atoms with van der Waals surface area (Å²) in [5.41, 5.74) is 1.25. The minimum Gasteiger partial charge on any atom is -0.264 e. The van der Waals surface area contributed by atoms with Crippen LogP contribution in [0.15, 0.2) is 24.5 Å². The summed E-state index contributed by atoms with van der Waals surface area (Å²) in [6.45, 7) is 2.24. The largest absolute Gasteiger partial charge is 0.264 e. The zero-order valence-electron chi connectivity index (χ0n) is 8.37. The van der Waals surface area contributed by atoms with Gasteiger partial charge in [-0.3, -0.25) is 4.98 Å². The number of hydrogen-bond acceptors (Lipinski definition) is 1. The maximum absolute atomic E-state index is 4.07. The van der Waals surface area contributed by atoms with Crippen molar-refractivity contribution in [2.45, 2.75) is 39.0 Å².